The van der Waals surface area contributed by atoms with E-state index in [1.54, 1.807) is 0 Å². The van der Waals surface area contributed by atoms with Crippen LogP contribution in [0.1, 0.15) is 13.8 Å². The van der Waals surface area contributed by atoms with E-state index < -0.39 is 28.0 Å². The second kappa shape index (κ2) is 4.62. The minimum absolute atomic E-state index is 0.0862. The van der Waals surface area contributed by atoms with E-state index in [9.17, 15) is 13.2 Å². The summed E-state index contributed by atoms with van der Waals surface area (Å²) in [7, 11) is -3.73. The average Bonchev–Trinajstić information content (AvgIpc) is 2.68. The number of carboxylic acids is 1. The highest BCUT2D eigenvalue weighted by atomic mass is 32.2. The summed E-state index contributed by atoms with van der Waals surface area (Å²) in [6.45, 7) is 2.93. The Morgan fingerprint density at radius 1 is 1.56 bits per heavy atom. The van der Waals surface area contributed by atoms with Gasteiger partial charge in [-0.3, -0.25) is 9.89 Å². The monoisotopic (exact) mass is 247 g/mol. The lowest BCUT2D eigenvalue weighted by atomic mass is 10.1. The predicted octanol–water partition coefficient (Wildman–Crippen LogP) is -0.203. The van der Waals surface area contributed by atoms with Gasteiger partial charge in [0.1, 0.15) is 0 Å². The molecule has 1 rings (SSSR count). The summed E-state index contributed by atoms with van der Waals surface area (Å²) in [6.07, 6.45) is 1.31. The van der Waals surface area contributed by atoms with Crippen LogP contribution in [0, 0.1) is 5.92 Å². The maximum absolute atomic E-state index is 11.7. The second-order valence-corrected chi connectivity index (χ2v) is 5.14. The molecule has 0 radical (unpaired) electrons. The molecule has 1 heterocycles. The van der Waals surface area contributed by atoms with Crippen LogP contribution in [0.4, 0.5) is 0 Å². The predicted molar refractivity (Wildman–Crippen MR) is 55.2 cm³/mol. The highest BCUT2D eigenvalue weighted by Gasteiger charge is 2.25. The fourth-order valence-electron chi connectivity index (χ4n) is 1.02. The number of nitrogens with one attached hydrogen (secondary N) is 2. The van der Waals surface area contributed by atoms with Gasteiger partial charge in [-0.1, -0.05) is 6.92 Å². The fourth-order valence-corrected chi connectivity index (χ4v) is 2.25. The standard InChI is InChI=1S/C8H13N3O4S/c1-5(8(12)13)6(2)11-16(14,15)7-3-4-9-10-7/h3-6,11H,1-2H3,(H,9,10)(H,12,13). The Morgan fingerprint density at radius 2 is 2.19 bits per heavy atom. The van der Waals surface area contributed by atoms with Gasteiger partial charge in [-0.05, 0) is 13.0 Å². The molecule has 0 spiro atoms. The normalized spacial score (nSPS) is 15.6. The Balaban J connectivity index is 2.78. The highest BCUT2D eigenvalue weighted by molar-refractivity contribution is 7.89. The van der Waals surface area contributed by atoms with Gasteiger partial charge in [0.15, 0.2) is 5.03 Å². The van der Waals surface area contributed by atoms with E-state index in [1.165, 1.54) is 26.1 Å². The molecule has 2 atom stereocenters. The van der Waals surface area contributed by atoms with Crippen molar-refractivity contribution in [2.24, 2.45) is 5.92 Å². The van der Waals surface area contributed by atoms with Gasteiger partial charge in [0.25, 0.3) is 10.0 Å². The first-order valence-electron chi connectivity index (χ1n) is 4.59. The number of hydrogen-bond donors (Lipinski definition) is 3. The number of carboxylic acid groups (broad SMARTS) is 1. The van der Waals surface area contributed by atoms with Crippen molar-refractivity contribution >= 4 is 16.0 Å². The van der Waals surface area contributed by atoms with Crippen molar-refractivity contribution in [3.63, 3.8) is 0 Å². The molecule has 0 saturated carbocycles. The molecule has 0 bridgehead atoms. The van der Waals surface area contributed by atoms with Crippen molar-refractivity contribution in [1.29, 1.82) is 0 Å². The van der Waals surface area contributed by atoms with Crippen LogP contribution in [0.25, 0.3) is 0 Å². The van der Waals surface area contributed by atoms with Gasteiger partial charge in [-0.25, -0.2) is 13.1 Å². The van der Waals surface area contributed by atoms with Crippen molar-refractivity contribution in [2.45, 2.75) is 24.9 Å². The first kappa shape index (κ1) is 12.7. The number of H-pyrrole nitrogens is 1. The molecular weight excluding hydrogens is 234 g/mol. The molecule has 0 aromatic carbocycles. The van der Waals surface area contributed by atoms with Gasteiger partial charge in [0.2, 0.25) is 0 Å². The Kier molecular flexibility index (Phi) is 3.66. The van der Waals surface area contributed by atoms with E-state index in [-0.39, 0.29) is 5.03 Å². The van der Waals surface area contributed by atoms with Crippen molar-refractivity contribution in [3.8, 4) is 0 Å². The molecular formula is C8H13N3O4S. The van der Waals surface area contributed by atoms with Crippen LogP contribution in [0.5, 0.6) is 0 Å². The summed E-state index contributed by atoms with van der Waals surface area (Å²) in [6, 6.07) is 0.589. The van der Waals surface area contributed by atoms with Gasteiger partial charge in [0, 0.05) is 6.04 Å². The second-order valence-electron chi connectivity index (χ2n) is 3.46. The van der Waals surface area contributed by atoms with E-state index in [2.05, 4.69) is 14.9 Å². The van der Waals surface area contributed by atoms with Crippen LogP contribution in [0.2, 0.25) is 0 Å². The van der Waals surface area contributed by atoms with E-state index in [0.29, 0.717) is 0 Å². The first-order valence-corrected chi connectivity index (χ1v) is 6.07. The molecule has 90 valence electrons. The molecule has 16 heavy (non-hydrogen) atoms. The fraction of sp³-hybridized carbons (Fsp3) is 0.500. The van der Waals surface area contributed by atoms with Crippen LogP contribution in [0.3, 0.4) is 0 Å². The van der Waals surface area contributed by atoms with Crippen LogP contribution in [-0.2, 0) is 14.8 Å². The van der Waals surface area contributed by atoms with Gasteiger partial charge in [0.05, 0.1) is 12.1 Å². The maximum atomic E-state index is 11.7. The Hall–Kier alpha value is -1.41. The summed E-state index contributed by atoms with van der Waals surface area (Å²) in [5, 5.41) is 14.5. The molecule has 0 aliphatic carbocycles. The van der Waals surface area contributed by atoms with Crippen molar-refractivity contribution in [3.05, 3.63) is 12.3 Å². The molecule has 3 N–H and O–H groups in total. The molecule has 2 unspecified atom stereocenters. The third-order valence-corrected chi connectivity index (χ3v) is 3.73. The van der Waals surface area contributed by atoms with E-state index in [4.69, 9.17) is 5.11 Å². The molecule has 0 fully saturated rings. The Morgan fingerprint density at radius 3 is 2.62 bits per heavy atom. The highest BCUT2D eigenvalue weighted by Crippen LogP contribution is 2.08. The van der Waals surface area contributed by atoms with Crippen LogP contribution >= 0.6 is 0 Å². The van der Waals surface area contributed by atoms with Gasteiger partial charge < -0.3 is 5.11 Å². The molecule has 0 amide bonds. The van der Waals surface area contributed by atoms with E-state index in [0.717, 1.165) is 0 Å². The zero-order valence-electron chi connectivity index (χ0n) is 8.84. The largest absolute Gasteiger partial charge is 0.481 e. The van der Waals surface area contributed by atoms with Crippen LogP contribution < -0.4 is 4.72 Å². The van der Waals surface area contributed by atoms with Crippen LogP contribution in [-0.4, -0.2) is 35.7 Å². The Bertz CT molecular complexity index is 454. The number of aromatic nitrogens is 2. The van der Waals surface area contributed by atoms with Crippen LogP contribution in [0.15, 0.2) is 17.3 Å². The molecule has 0 aliphatic rings. The SMILES string of the molecule is CC(NS(=O)(=O)c1ccn[nH]1)C(C)C(=O)O. The van der Waals surface area contributed by atoms with Crippen molar-refractivity contribution in [1.82, 2.24) is 14.9 Å². The molecule has 0 saturated heterocycles. The molecule has 1 aromatic heterocycles. The summed E-state index contributed by atoms with van der Waals surface area (Å²) >= 11 is 0. The summed E-state index contributed by atoms with van der Waals surface area (Å²) in [4.78, 5) is 10.7. The lowest BCUT2D eigenvalue weighted by Crippen LogP contribution is -2.40. The third-order valence-electron chi connectivity index (χ3n) is 2.25. The molecule has 0 aliphatic heterocycles. The number of hydrogen-bond acceptors (Lipinski definition) is 4. The molecule has 7 nitrogen and oxygen atoms in total. The quantitative estimate of drug-likeness (QED) is 0.667. The minimum Gasteiger partial charge on any atom is -0.481 e. The van der Waals surface area contributed by atoms with Gasteiger partial charge in [-0.2, -0.15) is 5.10 Å². The van der Waals surface area contributed by atoms with Crippen molar-refractivity contribution in [2.75, 3.05) is 0 Å². The third kappa shape index (κ3) is 2.80. The molecule has 8 heteroatoms. The smallest absolute Gasteiger partial charge is 0.307 e. The number of sulfonamides is 1. The lowest BCUT2D eigenvalue weighted by Gasteiger charge is -2.16. The number of rotatable bonds is 5. The molecule has 1 aromatic rings. The number of aromatic amines is 1. The number of nitrogens with zero attached hydrogens (tertiary/aromatic N) is 1. The summed E-state index contributed by atoms with van der Waals surface area (Å²) < 4.78 is 25.6. The zero-order valence-corrected chi connectivity index (χ0v) is 9.65. The van der Waals surface area contributed by atoms with E-state index >= 15 is 0 Å². The topological polar surface area (TPSA) is 112 Å². The minimum atomic E-state index is -3.73. The van der Waals surface area contributed by atoms with Gasteiger partial charge in [-0.15, -0.1) is 0 Å². The number of aliphatic carboxylic acids is 1. The zero-order chi connectivity index (χ0) is 12.3. The first-order chi connectivity index (χ1) is 7.34. The van der Waals surface area contributed by atoms with Crippen molar-refractivity contribution < 1.29 is 18.3 Å². The number of carbonyl (C=O) groups is 1. The summed E-state index contributed by atoms with van der Waals surface area (Å²) in [5.41, 5.74) is 0. The van der Waals surface area contributed by atoms with Gasteiger partial charge >= 0.3 is 5.97 Å². The summed E-state index contributed by atoms with van der Waals surface area (Å²) in [5.74, 6) is -1.86. The average molecular weight is 247 g/mol. The van der Waals surface area contributed by atoms with E-state index in [1.807, 2.05) is 0 Å². The Labute approximate surface area is 92.9 Å². The lowest BCUT2D eigenvalue weighted by molar-refractivity contribution is -0.141. The maximum Gasteiger partial charge on any atom is 0.307 e.